The van der Waals surface area contributed by atoms with Crippen LogP contribution in [-0.2, 0) is 9.59 Å². The number of halogens is 2. The molecule has 1 saturated carbocycles. The Morgan fingerprint density at radius 3 is 2.72 bits per heavy atom. The smallest absolute Gasteiger partial charge is 0.296 e. The first-order valence-corrected chi connectivity index (χ1v) is 10.3. The predicted molar refractivity (Wildman–Crippen MR) is 109 cm³/mol. The fourth-order valence-electron chi connectivity index (χ4n) is 3.60. The van der Waals surface area contributed by atoms with Crippen LogP contribution in [0.1, 0.15) is 24.4 Å². The summed E-state index contributed by atoms with van der Waals surface area (Å²) in [4.78, 5) is 31.6. The minimum atomic E-state index is -1.06. The predicted octanol–water partition coefficient (Wildman–Crippen LogP) is 4.97. The van der Waals surface area contributed by atoms with Crippen molar-refractivity contribution < 1.29 is 19.1 Å². The standard InChI is InChI=1S/C21H14ClFN2O3S/c22-11-7-8-14-15(9-11)29-21(24-14)25-17(12-3-1-2-4-13(12)23)16(19(27)20(25)28)18(26)10-5-6-10/h1-4,7-10,17,27H,5-6H2. The van der Waals surface area contributed by atoms with Gasteiger partial charge in [0.15, 0.2) is 16.7 Å². The van der Waals surface area contributed by atoms with Gasteiger partial charge in [0.25, 0.3) is 5.91 Å². The molecule has 1 unspecified atom stereocenters. The summed E-state index contributed by atoms with van der Waals surface area (Å²) in [6, 6.07) is 10.0. The number of fused-ring (bicyclic) bond motifs is 1. The lowest BCUT2D eigenvalue weighted by Crippen LogP contribution is -2.31. The number of thiazole rings is 1. The summed E-state index contributed by atoms with van der Waals surface area (Å²) in [6.45, 7) is 0. The van der Waals surface area contributed by atoms with Crippen molar-refractivity contribution in [1.29, 1.82) is 0 Å². The van der Waals surface area contributed by atoms with E-state index in [1.807, 2.05) is 0 Å². The second-order valence-corrected chi connectivity index (χ2v) is 8.55. The largest absolute Gasteiger partial charge is 0.503 e. The van der Waals surface area contributed by atoms with Crippen LogP contribution in [0.5, 0.6) is 0 Å². The van der Waals surface area contributed by atoms with E-state index in [0.717, 1.165) is 4.70 Å². The fourth-order valence-corrected chi connectivity index (χ4v) is 4.87. The van der Waals surface area contributed by atoms with Crippen LogP contribution in [0, 0.1) is 11.7 Å². The lowest BCUT2D eigenvalue weighted by Gasteiger charge is -2.24. The minimum absolute atomic E-state index is 0.0557. The molecule has 1 aromatic heterocycles. The normalized spacial score (nSPS) is 19.4. The third kappa shape index (κ3) is 2.92. The van der Waals surface area contributed by atoms with Crippen molar-refractivity contribution in [1.82, 2.24) is 4.98 Å². The van der Waals surface area contributed by atoms with Crippen molar-refractivity contribution in [2.75, 3.05) is 4.90 Å². The first-order chi connectivity index (χ1) is 14.0. The first-order valence-electron chi connectivity index (χ1n) is 9.07. The second-order valence-electron chi connectivity index (χ2n) is 7.11. The molecule has 2 aromatic carbocycles. The zero-order valence-corrected chi connectivity index (χ0v) is 16.5. The Hall–Kier alpha value is -2.77. The van der Waals surface area contributed by atoms with Gasteiger partial charge in [-0.1, -0.05) is 41.1 Å². The molecule has 0 bridgehead atoms. The van der Waals surface area contributed by atoms with E-state index < -0.39 is 23.5 Å². The van der Waals surface area contributed by atoms with E-state index in [9.17, 15) is 19.1 Å². The molecule has 0 spiro atoms. The molecule has 2 heterocycles. The maximum atomic E-state index is 14.7. The lowest BCUT2D eigenvalue weighted by atomic mass is 9.94. The van der Waals surface area contributed by atoms with Crippen LogP contribution >= 0.6 is 22.9 Å². The van der Waals surface area contributed by atoms with E-state index >= 15 is 0 Å². The van der Waals surface area contributed by atoms with Gasteiger partial charge in [-0.15, -0.1) is 0 Å². The highest BCUT2D eigenvalue weighted by molar-refractivity contribution is 7.22. The van der Waals surface area contributed by atoms with Crippen molar-refractivity contribution in [3.05, 3.63) is 70.2 Å². The van der Waals surface area contributed by atoms with Gasteiger partial charge in [0, 0.05) is 16.5 Å². The van der Waals surface area contributed by atoms with Gasteiger partial charge < -0.3 is 5.11 Å². The Bertz CT molecular complexity index is 1220. The Morgan fingerprint density at radius 2 is 2.00 bits per heavy atom. The zero-order valence-electron chi connectivity index (χ0n) is 14.9. The van der Waals surface area contributed by atoms with Crippen LogP contribution in [0.3, 0.4) is 0 Å². The van der Waals surface area contributed by atoms with Gasteiger partial charge in [-0.05, 0) is 37.1 Å². The lowest BCUT2D eigenvalue weighted by molar-refractivity contribution is -0.118. The quantitative estimate of drug-likeness (QED) is 0.637. The third-order valence-corrected chi connectivity index (χ3v) is 6.42. The van der Waals surface area contributed by atoms with E-state index in [4.69, 9.17) is 11.6 Å². The molecule has 5 nitrogen and oxygen atoms in total. The molecule has 3 aromatic rings. The van der Waals surface area contributed by atoms with Crippen LogP contribution in [-0.4, -0.2) is 21.8 Å². The number of aliphatic hydroxyl groups excluding tert-OH is 1. The average Bonchev–Trinajstić information content (AvgIpc) is 3.42. The SMILES string of the molecule is O=C(C1=C(O)C(=O)N(c2nc3ccc(Cl)cc3s2)C1c1ccccc1F)C1CC1. The number of hydrogen-bond donors (Lipinski definition) is 1. The van der Waals surface area contributed by atoms with Crippen LogP contribution in [0.4, 0.5) is 9.52 Å². The summed E-state index contributed by atoms with van der Waals surface area (Å²) >= 11 is 7.24. The first kappa shape index (κ1) is 18.3. The number of aliphatic hydroxyl groups is 1. The summed E-state index contributed by atoms with van der Waals surface area (Å²) in [5.74, 6) is -2.49. The fraction of sp³-hybridized carbons (Fsp3) is 0.190. The Morgan fingerprint density at radius 1 is 1.24 bits per heavy atom. The second kappa shape index (κ2) is 6.64. The molecule has 1 fully saturated rings. The number of carbonyl (C=O) groups is 2. The summed E-state index contributed by atoms with van der Waals surface area (Å²) in [5, 5.41) is 11.4. The highest BCUT2D eigenvalue weighted by Gasteiger charge is 2.49. The van der Waals surface area contributed by atoms with E-state index in [1.165, 1.54) is 34.4 Å². The molecule has 0 saturated heterocycles. The maximum Gasteiger partial charge on any atom is 0.296 e. The molecule has 1 amide bonds. The monoisotopic (exact) mass is 428 g/mol. The van der Waals surface area contributed by atoms with Gasteiger partial charge in [0.05, 0.1) is 15.8 Å². The van der Waals surface area contributed by atoms with Crippen molar-refractivity contribution in [3.63, 3.8) is 0 Å². The summed E-state index contributed by atoms with van der Waals surface area (Å²) in [5.41, 5.74) is 0.710. The van der Waals surface area contributed by atoms with Crippen LogP contribution in [0.2, 0.25) is 5.02 Å². The summed E-state index contributed by atoms with van der Waals surface area (Å²) in [7, 11) is 0. The third-order valence-electron chi connectivity index (χ3n) is 5.17. The van der Waals surface area contributed by atoms with Gasteiger partial charge in [0.2, 0.25) is 0 Å². The molecule has 1 N–H and O–H groups in total. The number of ketones is 1. The van der Waals surface area contributed by atoms with Gasteiger partial charge >= 0.3 is 0 Å². The highest BCUT2D eigenvalue weighted by Crippen LogP contribution is 2.47. The number of rotatable bonds is 4. The van der Waals surface area contributed by atoms with Crippen LogP contribution in [0.25, 0.3) is 10.2 Å². The number of carbonyl (C=O) groups excluding carboxylic acids is 2. The molecule has 5 rings (SSSR count). The number of amides is 1. The Labute approximate surface area is 174 Å². The average molecular weight is 429 g/mol. The van der Waals surface area contributed by atoms with Gasteiger partial charge in [-0.2, -0.15) is 0 Å². The molecule has 8 heteroatoms. The molecule has 1 aliphatic carbocycles. The molecule has 1 aliphatic heterocycles. The topological polar surface area (TPSA) is 70.5 Å². The molecular formula is C21H14ClFN2O3S. The van der Waals surface area contributed by atoms with E-state index in [-0.39, 0.29) is 28.0 Å². The van der Waals surface area contributed by atoms with E-state index in [2.05, 4.69) is 4.98 Å². The number of anilines is 1. The number of benzene rings is 2. The van der Waals surface area contributed by atoms with Crippen molar-refractivity contribution in [2.24, 2.45) is 5.92 Å². The molecule has 29 heavy (non-hydrogen) atoms. The Kier molecular flexibility index (Phi) is 4.18. The van der Waals surface area contributed by atoms with Crippen LogP contribution < -0.4 is 4.90 Å². The molecular weight excluding hydrogens is 415 g/mol. The minimum Gasteiger partial charge on any atom is -0.503 e. The van der Waals surface area contributed by atoms with Crippen molar-refractivity contribution in [2.45, 2.75) is 18.9 Å². The number of nitrogens with zero attached hydrogens (tertiary/aromatic N) is 2. The Balaban J connectivity index is 1.69. The molecule has 0 radical (unpaired) electrons. The van der Waals surface area contributed by atoms with Crippen molar-refractivity contribution in [3.8, 4) is 0 Å². The number of hydrogen-bond acceptors (Lipinski definition) is 5. The van der Waals surface area contributed by atoms with Crippen LogP contribution in [0.15, 0.2) is 53.8 Å². The molecule has 1 atom stereocenters. The highest BCUT2D eigenvalue weighted by atomic mass is 35.5. The molecule has 2 aliphatic rings. The summed E-state index contributed by atoms with van der Waals surface area (Å²) in [6.07, 6.45) is 1.40. The van der Waals surface area contributed by atoms with E-state index in [0.29, 0.717) is 23.4 Å². The van der Waals surface area contributed by atoms with Gasteiger partial charge in [-0.25, -0.2) is 9.37 Å². The maximum absolute atomic E-state index is 14.7. The summed E-state index contributed by atoms with van der Waals surface area (Å²) < 4.78 is 15.5. The van der Waals surface area contributed by atoms with Gasteiger partial charge in [-0.3, -0.25) is 14.5 Å². The van der Waals surface area contributed by atoms with Gasteiger partial charge in [0.1, 0.15) is 11.9 Å². The number of aromatic nitrogens is 1. The molecule has 146 valence electrons. The zero-order chi connectivity index (χ0) is 20.3. The van der Waals surface area contributed by atoms with Crippen molar-refractivity contribution >= 4 is 50.0 Å². The van der Waals surface area contributed by atoms with E-state index in [1.54, 1.807) is 24.3 Å². The number of Topliss-reactive ketones (excluding diaryl/α,β-unsaturated/α-hetero) is 1.